The first kappa shape index (κ1) is 24.3. The second kappa shape index (κ2) is 9.44. The van der Waals surface area contributed by atoms with Crippen LogP contribution in [0.1, 0.15) is 12.0 Å². The van der Waals surface area contributed by atoms with Gasteiger partial charge in [-0.2, -0.15) is 5.11 Å². The van der Waals surface area contributed by atoms with Crippen molar-refractivity contribution in [2.24, 2.45) is 26.1 Å². The number of hydrogen-bond acceptors (Lipinski definition) is 11. The first-order valence-electron chi connectivity index (χ1n) is 10.4. The molecule has 0 unspecified atom stereocenters. The molecule has 2 aliphatic rings. The molecule has 1 saturated heterocycles. The Balaban J connectivity index is 1.86. The number of amidine groups is 1. The van der Waals surface area contributed by atoms with Gasteiger partial charge in [-0.1, -0.05) is 6.07 Å². The number of nitrogen functional groups attached to an aromatic ring is 1. The van der Waals surface area contributed by atoms with Gasteiger partial charge in [0.2, 0.25) is 20.0 Å². The van der Waals surface area contributed by atoms with Crippen LogP contribution in [0.2, 0.25) is 0 Å². The molecular formula is C19H25N9O4S2. The van der Waals surface area contributed by atoms with Gasteiger partial charge in [0, 0.05) is 37.4 Å². The average Bonchev–Trinajstić information content (AvgIpc) is 3.45. The molecule has 1 aromatic carbocycles. The van der Waals surface area contributed by atoms with Crippen molar-refractivity contribution in [1.29, 1.82) is 0 Å². The maximum atomic E-state index is 13.4. The molecule has 1 fully saturated rings. The third-order valence-electron chi connectivity index (χ3n) is 5.51. The molecule has 0 spiro atoms. The van der Waals surface area contributed by atoms with E-state index in [1.807, 2.05) is 4.90 Å². The van der Waals surface area contributed by atoms with Crippen LogP contribution < -0.4 is 21.3 Å². The monoisotopic (exact) mass is 507 g/mol. The van der Waals surface area contributed by atoms with Crippen molar-refractivity contribution in [3.05, 3.63) is 36.0 Å². The lowest BCUT2D eigenvalue weighted by molar-refractivity contribution is 0.341. The first-order valence-corrected chi connectivity index (χ1v) is 13.4. The van der Waals surface area contributed by atoms with Gasteiger partial charge in [-0.25, -0.2) is 36.7 Å². The number of anilines is 1. The summed E-state index contributed by atoms with van der Waals surface area (Å²) < 4.78 is 55.0. The highest BCUT2D eigenvalue weighted by Gasteiger charge is 2.35. The molecule has 182 valence electrons. The van der Waals surface area contributed by atoms with Crippen molar-refractivity contribution in [1.82, 2.24) is 14.6 Å². The lowest BCUT2D eigenvalue weighted by Gasteiger charge is -2.19. The highest BCUT2D eigenvalue weighted by Crippen LogP contribution is 2.35. The van der Waals surface area contributed by atoms with Crippen molar-refractivity contribution in [3.8, 4) is 11.1 Å². The van der Waals surface area contributed by atoms with E-state index >= 15 is 0 Å². The van der Waals surface area contributed by atoms with E-state index in [4.69, 9.17) is 16.6 Å². The van der Waals surface area contributed by atoms with Gasteiger partial charge in [0.05, 0.1) is 5.56 Å². The van der Waals surface area contributed by atoms with E-state index in [0.29, 0.717) is 43.7 Å². The number of sulfonamides is 2. The molecule has 15 heteroatoms. The zero-order chi connectivity index (χ0) is 24.5. The molecule has 0 bridgehead atoms. The zero-order valence-electron chi connectivity index (χ0n) is 18.1. The topological polar surface area (TPSA) is 212 Å². The molecule has 3 heterocycles. The van der Waals surface area contributed by atoms with Crippen LogP contribution in [-0.2, 0) is 20.0 Å². The Hall–Kier alpha value is -2.82. The van der Waals surface area contributed by atoms with Crippen LogP contribution >= 0.6 is 0 Å². The number of primary sulfonamides is 1. The van der Waals surface area contributed by atoms with Gasteiger partial charge >= 0.3 is 0 Å². The number of nitrogens with one attached hydrogen (secondary N) is 1. The lowest BCUT2D eigenvalue weighted by atomic mass is 10.00. The number of likely N-dealkylation sites (tertiary alicyclic amines) is 1. The summed E-state index contributed by atoms with van der Waals surface area (Å²) in [5.74, 6) is 0.224. The minimum absolute atomic E-state index is 0.0207. The Morgan fingerprint density at radius 3 is 2.56 bits per heavy atom. The number of aromatic nitrogens is 1. The number of nitrogens with two attached hydrogens (primary N) is 3. The number of pyridine rings is 1. The van der Waals surface area contributed by atoms with Gasteiger partial charge in [-0.15, -0.1) is 5.11 Å². The van der Waals surface area contributed by atoms with Crippen molar-refractivity contribution < 1.29 is 16.8 Å². The number of hydrogen-bond donors (Lipinski definition) is 4. The summed E-state index contributed by atoms with van der Waals surface area (Å²) >= 11 is 0. The van der Waals surface area contributed by atoms with Crippen molar-refractivity contribution in [2.45, 2.75) is 22.3 Å². The van der Waals surface area contributed by atoms with Crippen molar-refractivity contribution in [3.63, 3.8) is 0 Å². The van der Waals surface area contributed by atoms with Gasteiger partial charge in [0.25, 0.3) is 0 Å². The van der Waals surface area contributed by atoms with Crippen LogP contribution in [0.3, 0.4) is 0 Å². The lowest BCUT2D eigenvalue weighted by Crippen LogP contribution is -2.38. The number of rotatable bonds is 8. The first-order chi connectivity index (χ1) is 16.1. The second-order valence-corrected chi connectivity index (χ2v) is 11.1. The van der Waals surface area contributed by atoms with E-state index in [1.165, 1.54) is 24.4 Å². The van der Waals surface area contributed by atoms with Gasteiger partial charge < -0.3 is 16.4 Å². The molecular weight excluding hydrogens is 482 g/mol. The number of nitrogens with zero attached hydrogens (tertiary/aromatic N) is 5. The number of azo groups is 1. The maximum Gasteiger partial charge on any atom is 0.242 e. The molecule has 2 aliphatic heterocycles. The Morgan fingerprint density at radius 1 is 1.15 bits per heavy atom. The number of aliphatic imine (C=N–C) groups is 1. The molecule has 13 nitrogen and oxygen atoms in total. The molecule has 1 aromatic heterocycles. The van der Waals surface area contributed by atoms with Crippen molar-refractivity contribution in [2.75, 3.05) is 38.6 Å². The van der Waals surface area contributed by atoms with Crippen molar-refractivity contribution >= 4 is 31.7 Å². The fourth-order valence-corrected chi connectivity index (χ4v) is 6.90. The van der Waals surface area contributed by atoms with Crippen LogP contribution in [-0.4, -0.2) is 71.4 Å². The molecule has 0 amide bonds. The van der Waals surface area contributed by atoms with E-state index in [1.54, 1.807) is 6.07 Å². The number of benzene rings is 1. The molecule has 2 aromatic rings. The fourth-order valence-electron chi connectivity index (χ4n) is 4.04. The predicted molar refractivity (Wildman–Crippen MR) is 126 cm³/mol. The van der Waals surface area contributed by atoms with E-state index in [0.717, 1.165) is 0 Å². The molecule has 0 radical (unpaired) electrons. The normalized spacial score (nSPS) is 19.0. The average molecular weight is 508 g/mol. The third kappa shape index (κ3) is 4.98. The van der Waals surface area contributed by atoms with E-state index in [2.05, 4.69) is 24.9 Å². The zero-order valence-corrected chi connectivity index (χ0v) is 19.8. The minimum atomic E-state index is -4.55. The summed E-state index contributed by atoms with van der Waals surface area (Å²) in [6.45, 7) is 2.21. The summed E-state index contributed by atoms with van der Waals surface area (Å²) in [7, 11) is -8.83. The van der Waals surface area contributed by atoms with Gasteiger partial charge in [0.15, 0.2) is 12.5 Å². The van der Waals surface area contributed by atoms with Crippen LogP contribution in [0.5, 0.6) is 0 Å². The Kier molecular flexibility index (Phi) is 6.75. The smallest absolute Gasteiger partial charge is 0.242 e. The van der Waals surface area contributed by atoms with Gasteiger partial charge in [0.1, 0.15) is 15.6 Å². The Morgan fingerprint density at radius 2 is 1.94 bits per heavy atom. The second-order valence-electron chi connectivity index (χ2n) is 7.89. The molecule has 7 N–H and O–H groups in total. The van der Waals surface area contributed by atoms with Crippen LogP contribution in [0.25, 0.3) is 11.1 Å². The Labute approximate surface area is 197 Å². The van der Waals surface area contributed by atoms with E-state index in [-0.39, 0.29) is 23.9 Å². The minimum Gasteiger partial charge on any atom is -0.384 e. The molecule has 0 saturated carbocycles. The third-order valence-corrected chi connectivity index (χ3v) is 8.19. The van der Waals surface area contributed by atoms with Crippen LogP contribution in [0, 0.1) is 0 Å². The van der Waals surface area contributed by atoms with E-state index in [9.17, 15) is 16.8 Å². The standard InChI is InChI=1S/C19H25N9O4S2/c20-6-8-28-7-5-13(10-28)27-34(31,32)15-3-2-14(12-1-4-16(21)23-9-12)17(18(15)33(22,29)30)19-24-11-25-26-19/h1-4,9,13,27H,5-8,10-11,20H2,(H2,21,23)(H2,22,29,30)/t13-/m1/s1. The van der Waals surface area contributed by atoms with Gasteiger partial charge in [-0.3, -0.25) is 0 Å². The highest BCUT2D eigenvalue weighted by atomic mass is 32.2. The SMILES string of the molecule is NCCN1CC[C@@H](NS(=O)(=O)c2ccc(-c3ccc(N)nc3)c(C3=NCN=N3)c2S(N)(=O)=O)C1. The molecule has 0 aliphatic carbocycles. The Bertz CT molecular complexity index is 1360. The quantitative estimate of drug-likeness (QED) is 0.363. The largest absolute Gasteiger partial charge is 0.384 e. The maximum absolute atomic E-state index is 13.4. The van der Waals surface area contributed by atoms with Crippen LogP contribution in [0.15, 0.2) is 55.5 Å². The molecule has 4 rings (SSSR count). The predicted octanol–water partition coefficient (Wildman–Crippen LogP) is -0.541. The summed E-state index contributed by atoms with van der Waals surface area (Å²) in [6.07, 6.45) is 2.00. The summed E-state index contributed by atoms with van der Waals surface area (Å²) in [5.41, 5.74) is 12.0. The van der Waals surface area contributed by atoms with Crippen LogP contribution in [0.4, 0.5) is 5.82 Å². The highest BCUT2D eigenvalue weighted by molar-refractivity contribution is 7.92. The fraction of sp³-hybridized carbons (Fsp3) is 0.368. The summed E-state index contributed by atoms with van der Waals surface area (Å²) in [5, 5.41) is 13.3. The van der Waals surface area contributed by atoms with E-state index < -0.39 is 35.9 Å². The van der Waals surface area contributed by atoms with Gasteiger partial charge in [-0.05, 0) is 36.7 Å². The molecule has 1 atom stereocenters. The summed E-state index contributed by atoms with van der Waals surface area (Å²) in [4.78, 5) is 9.10. The summed E-state index contributed by atoms with van der Waals surface area (Å²) in [6, 6.07) is 5.43. The molecule has 34 heavy (non-hydrogen) atoms.